The molecule has 1 heterocycles. The van der Waals surface area contributed by atoms with Crippen molar-refractivity contribution in [2.24, 2.45) is 5.92 Å². The Kier molecular flexibility index (Phi) is 3.33. The standard InChI is InChI=1S/C9H15N5OS/c1-5(6-2-3-6)11-7(15)4-16-9-12-8(10)13-14-9/h5-6H,2-4H2,1H3,(H,11,15)(H3,10,12,13,14)/t5-/m1/s1. The SMILES string of the molecule is C[C@@H](NC(=O)CSc1n[nH]c(N)n1)C1CC1. The van der Waals surface area contributed by atoms with Crippen molar-refractivity contribution in [1.29, 1.82) is 0 Å². The summed E-state index contributed by atoms with van der Waals surface area (Å²) in [5.74, 6) is 1.30. The summed E-state index contributed by atoms with van der Waals surface area (Å²) < 4.78 is 0. The zero-order chi connectivity index (χ0) is 11.5. The molecule has 0 bridgehead atoms. The van der Waals surface area contributed by atoms with Gasteiger partial charge in [-0.15, -0.1) is 5.10 Å². The molecule has 88 valence electrons. The van der Waals surface area contributed by atoms with E-state index in [1.165, 1.54) is 24.6 Å². The Morgan fingerprint density at radius 2 is 2.50 bits per heavy atom. The molecule has 0 aromatic carbocycles. The van der Waals surface area contributed by atoms with E-state index in [9.17, 15) is 4.79 Å². The van der Waals surface area contributed by atoms with Crippen LogP contribution in [0.15, 0.2) is 5.16 Å². The van der Waals surface area contributed by atoms with Crippen LogP contribution in [0.5, 0.6) is 0 Å². The van der Waals surface area contributed by atoms with Crippen molar-refractivity contribution in [3.8, 4) is 0 Å². The van der Waals surface area contributed by atoms with Crippen molar-refractivity contribution in [3.63, 3.8) is 0 Å². The summed E-state index contributed by atoms with van der Waals surface area (Å²) >= 11 is 1.28. The Labute approximate surface area is 97.8 Å². The van der Waals surface area contributed by atoms with Crippen LogP contribution >= 0.6 is 11.8 Å². The molecule has 1 aromatic rings. The molecular weight excluding hydrogens is 226 g/mol. The van der Waals surface area contributed by atoms with Gasteiger partial charge in [0, 0.05) is 6.04 Å². The van der Waals surface area contributed by atoms with Gasteiger partial charge in [-0.05, 0) is 25.7 Å². The second-order valence-electron chi connectivity index (χ2n) is 3.99. The first kappa shape index (κ1) is 11.3. The molecule has 0 aliphatic heterocycles. The molecule has 1 aliphatic rings. The quantitative estimate of drug-likeness (QED) is 0.648. The highest BCUT2D eigenvalue weighted by atomic mass is 32.2. The average Bonchev–Trinajstić information content (AvgIpc) is 3.00. The Hall–Kier alpha value is -1.24. The van der Waals surface area contributed by atoms with Gasteiger partial charge in [-0.2, -0.15) is 4.98 Å². The largest absolute Gasteiger partial charge is 0.368 e. The summed E-state index contributed by atoms with van der Waals surface area (Å²) in [7, 11) is 0. The van der Waals surface area contributed by atoms with Crippen molar-refractivity contribution in [1.82, 2.24) is 20.5 Å². The van der Waals surface area contributed by atoms with Crippen LogP contribution in [0.4, 0.5) is 5.95 Å². The number of rotatable bonds is 5. The van der Waals surface area contributed by atoms with Crippen molar-refractivity contribution >= 4 is 23.6 Å². The Morgan fingerprint density at radius 3 is 3.06 bits per heavy atom. The minimum absolute atomic E-state index is 0.0211. The molecule has 4 N–H and O–H groups in total. The van der Waals surface area contributed by atoms with Crippen molar-refractivity contribution in [3.05, 3.63) is 0 Å². The maximum Gasteiger partial charge on any atom is 0.230 e. The van der Waals surface area contributed by atoms with Crippen LogP contribution in [0.3, 0.4) is 0 Å². The zero-order valence-corrected chi connectivity index (χ0v) is 9.88. The van der Waals surface area contributed by atoms with Gasteiger partial charge in [0.15, 0.2) is 0 Å². The fourth-order valence-electron chi connectivity index (χ4n) is 1.46. The smallest absolute Gasteiger partial charge is 0.230 e. The summed E-state index contributed by atoms with van der Waals surface area (Å²) in [4.78, 5) is 15.4. The molecule has 1 amide bonds. The molecule has 1 aliphatic carbocycles. The number of aromatic amines is 1. The lowest BCUT2D eigenvalue weighted by atomic mass is 10.2. The van der Waals surface area contributed by atoms with E-state index in [1.807, 2.05) is 6.92 Å². The molecular formula is C9H15N5OS. The normalized spacial score (nSPS) is 17.1. The lowest BCUT2D eigenvalue weighted by molar-refractivity contribution is -0.119. The van der Waals surface area contributed by atoms with Gasteiger partial charge in [-0.1, -0.05) is 11.8 Å². The number of hydrogen-bond donors (Lipinski definition) is 3. The van der Waals surface area contributed by atoms with Gasteiger partial charge >= 0.3 is 0 Å². The number of amides is 1. The topological polar surface area (TPSA) is 96.7 Å². The van der Waals surface area contributed by atoms with E-state index >= 15 is 0 Å². The first-order valence-corrected chi connectivity index (χ1v) is 6.24. The molecule has 16 heavy (non-hydrogen) atoms. The maximum atomic E-state index is 11.5. The molecule has 1 aromatic heterocycles. The minimum Gasteiger partial charge on any atom is -0.368 e. The highest BCUT2D eigenvalue weighted by Gasteiger charge is 2.28. The van der Waals surface area contributed by atoms with E-state index in [-0.39, 0.29) is 17.9 Å². The van der Waals surface area contributed by atoms with Gasteiger partial charge in [0.1, 0.15) is 0 Å². The number of anilines is 1. The number of nitrogens with two attached hydrogens (primary N) is 1. The van der Waals surface area contributed by atoms with E-state index < -0.39 is 0 Å². The van der Waals surface area contributed by atoms with E-state index in [4.69, 9.17) is 5.73 Å². The summed E-state index contributed by atoms with van der Waals surface area (Å²) in [6.07, 6.45) is 2.46. The second kappa shape index (κ2) is 4.73. The first-order chi connectivity index (χ1) is 7.65. The van der Waals surface area contributed by atoms with Crippen LogP contribution in [-0.4, -0.2) is 32.9 Å². The second-order valence-corrected chi connectivity index (χ2v) is 4.93. The first-order valence-electron chi connectivity index (χ1n) is 5.25. The lowest BCUT2D eigenvalue weighted by Crippen LogP contribution is -2.35. The Morgan fingerprint density at radius 1 is 1.75 bits per heavy atom. The molecule has 6 nitrogen and oxygen atoms in total. The van der Waals surface area contributed by atoms with Crippen LogP contribution in [0, 0.1) is 5.92 Å². The van der Waals surface area contributed by atoms with Crippen molar-refractivity contribution in [2.45, 2.75) is 31.0 Å². The highest BCUT2D eigenvalue weighted by molar-refractivity contribution is 7.99. The Bertz CT molecular complexity index is 376. The van der Waals surface area contributed by atoms with Gasteiger partial charge in [-0.25, -0.2) is 5.10 Å². The Balaban J connectivity index is 1.70. The number of nitrogens with one attached hydrogen (secondary N) is 2. The third-order valence-electron chi connectivity index (χ3n) is 2.53. The van der Waals surface area contributed by atoms with Gasteiger partial charge in [0.25, 0.3) is 0 Å². The van der Waals surface area contributed by atoms with Crippen LogP contribution in [0.2, 0.25) is 0 Å². The van der Waals surface area contributed by atoms with Crippen LogP contribution in [0.1, 0.15) is 19.8 Å². The summed E-state index contributed by atoms with van der Waals surface area (Å²) in [6.45, 7) is 2.05. The minimum atomic E-state index is 0.0211. The fourth-order valence-corrected chi connectivity index (χ4v) is 2.08. The molecule has 1 atom stereocenters. The van der Waals surface area contributed by atoms with Gasteiger partial charge in [0.05, 0.1) is 5.75 Å². The molecule has 1 fully saturated rings. The fraction of sp³-hybridized carbons (Fsp3) is 0.667. The van der Waals surface area contributed by atoms with E-state index in [0.717, 1.165) is 0 Å². The number of thioether (sulfide) groups is 1. The number of aromatic nitrogens is 3. The van der Waals surface area contributed by atoms with Gasteiger partial charge in [0.2, 0.25) is 17.0 Å². The van der Waals surface area contributed by atoms with E-state index in [0.29, 0.717) is 16.8 Å². The number of carbonyl (C=O) groups excluding carboxylic acids is 1. The maximum absolute atomic E-state index is 11.5. The summed E-state index contributed by atoms with van der Waals surface area (Å²) in [5, 5.41) is 9.83. The van der Waals surface area contributed by atoms with Gasteiger partial charge in [-0.3, -0.25) is 4.79 Å². The zero-order valence-electron chi connectivity index (χ0n) is 9.06. The van der Waals surface area contributed by atoms with Crippen LogP contribution in [0.25, 0.3) is 0 Å². The van der Waals surface area contributed by atoms with E-state index in [1.54, 1.807) is 0 Å². The summed E-state index contributed by atoms with van der Waals surface area (Å²) in [6, 6.07) is 0.283. The number of nitrogen functional groups attached to an aromatic ring is 1. The number of hydrogen-bond acceptors (Lipinski definition) is 5. The molecule has 0 saturated heterocycles. The average molecular weight is 241 g/mol. The molecule has 2 rings (SSSR count). The molecule has 0 spiro atoms. The number of nitrogens with zero attached hydrogens (tertiary/aromatic N) is 2. The molecule has 0 unspecified atom stereocenters. The third-order valence-corrected chi connectivity index (χ3v) is 3.38. The van der Waals surface area contributed by atoms with Crippen molar-refractivity contribution < 1.29 is 4.79 Å². The monoisotopic (exact) mass is 241 g/mol. The highest BCUT2D eigenvalue weighted by Crippen LogP contribution is 2.32. The lowest BCUT2D eigenvalue weighted by Gasteiger charge is -2.11. The molecule has 7 heteroatoms. The summed E-state index contributed by atoms with van der Waals surface area (Å²) in [5.41, 5.74) is 5.37. The predicted octanol–water partition coefficient (Wildman–Crippen LogP) is 0.394. The van der Waals surface area contributed by atoms with Crippen LogP contribution in [-0.2, 0) is 4.79 Å². The van der Waals surface area contributed by atoms with Crippen molar-refractivity contribution in [2.75, 3.05) is 11.5 Å². The van der Waals surface area contributed by atoms with Gasteiger partial charge < -0.3 is 11.1 Å². The molecule has 0 radical (unpaired) electrons. The van der Waals surface area contributed by atoms with Crippen LogP contribution < -0.4 is 11.1 Å². The molecule has 1 saturated carbocycles. The predicted molar refractivity (Wildman–Crippen MR) is 61.8 cm³/mol. The van der Waals surface area contributed by atoms with E-state index in [2.05, 4.69) is 20.5 Å². The number of H-pyrrole nitrogens is 1. The third kappa shape index (κ3) is 3.13. The number of carbonyl (C=O) groups is 1.